The lowest BCUT2D eigenvalue weighted by molar-refractivity contribution is -0.192. The van der Waals surface area contributed by atoms with Crippen LogP contribution < -0.4 is 4.90 Å². The van der Waals surface area contributed by atoms with Crippen molar-refractivity contribution >= 4 is 23.5 Å². The first kappa shape index (κ1) is 23.3. The molecule has 32 heavy (non-hydrogen) atoms. The number of hydrogen-bond acceptors (Lipinski definition) is 5. The maximum atomic E-state index is 12.6. The summed E-state index contributed by atoms with van der Waals surface area (Å²) in [5.41, 5.74) is 1.29. The molecule has 0 bridgehead atoms. The van der Waals surface area contributed by atoms with Gasteiger partial charge in [-0.1, -0.05) is 18.2 Å². The fourth-order valence-electron chi connectivity index (χ4n) is 3.84. The lowest BCUT2D eigenvalue weighted by atomic mass is 9.92. The first-order chi connectivity index (χ1) is 15.0. The van der Waals surface area contributed by atoms with Gasteiger partial charge in [-0.05, 0) is 31.7 Å². The van der Waals surface area contributed by atoms with Crippen LogP contribution in [0, 0.1) is 0 Å². The van der Waals surface area contributed by atoms with E-state index in [2.05, 4.69) is 4.90 Å². The van der Waals surface area contributed by atoms with Gasteiger partial charge in [0, 0.05) is 25.3 Å². The highest BCUT2D eigenvalue weighted by atomic mass is 19.4. The Morgan fingerprint density at radius 3 is 2.34 bits per heavy atom. The van der Waals surface area contributed by atoms with Crippen molar-refractivity contribution in [3.05, 3.63) is 54.5 Å². The van der Waals surface area contributed by atoms with E-state index in [1.165, 1.54) is 12.5 Å². The summed E-state index contributed by atoms with van der Waals surface area (Å²) >= 11 is 0. The van der Waals surface area contributed by atoms with Crippen LogP contribution in [0.5, 0.6) is 0 Å². The third kappa shape index (κ3) is 4.93. The van der Waals surface area contributed by atoms with Gasteiger partial charge in [-0.25, -0.2) is 4.79 Å². The van der Waals surface area contributed by atoms with Crippen LogP contribution in [0.25, 0.3) is 0 Å². The number of hydrogen-bond donors (Lipinski definition) is 1. The third-order valence-electron chi connectivity index (χ3n) is 5.63. The molecule has 3 heterocycles. The molecule has 2 fully saturated rings. The summed E-state index contributed by atoms with van der Waals surface area (Å²) in [5, 5.41) is 7.12. The van der Waals surface area contributed by atoms with E-state index in [0.29, 0.717) is 31.7 Å². The average molecular weight is 453 g/mol. The number of aliphatic carboxylic acids is 1. The minimum Gasteiger partial charge on any atom is -0.475 e. The van der Waals surface area contributed by atoms with E-state index in [4.69, 9.17) is 14.3 Å². The van der Waals surface area contributed by atoms with Crippen molar-refractivity contribution in [2.75, 3.05) is 38.1 Å². The standard InChI is InChI=1S/C19H21N3O3.C2HF3O2/c1-20-11-17(23)22(16-5-3-2-4-6-16)14-19(20)8-9-21(13-19)18(24)15-7-10-25-12-15;3-2(4,5)1(6)7/h2-7,10,12H,8-9,11,13-14H2,1H3;(H,6,7). The second kappa shape index (κ2) is 9.03. The normalized spacial score (nSPS) is 21.4. The minimum atomic E-state index is -5.08. The Bertz CT molecular complexity index is 965. The van der Waals surface area contributed by atoms with Crippen LogP contribution in [-0.2, 0) is 9.59 Å². The molecule has 4 rings (SSSR count). The largest absolute Gasteiger partial charge is 0.490 e. The maximum Gasteiger partial charge on any atom is 0.490 e. The molecule has 0 saturated carbocycles. The molecule has 1 N–H and O–H groups in total. The van der Waals surface area contributed by atoms with Crippen LogP contribution >= 0.6 is 0 Å². The third-order valence-corrected chi connectivity index (χ3v) is 5.63. The molecule has 1 spiro atoms. The number of rotatable bonds is 2. The molecule has 1 aromatic heterocycles. The molecule has 2 aliphatic rings. The van der Waals surface area contributed by atoms with Crippen molar-refractivity contribution in [2.24, 2.45) is 0 Å². The van der Waals surface area contributed by atoms with E-state index >= 15 is 0 Å². The predicted octanol–water partition coefficient (Wildman–Crippen LogP) is 2.48. The first-order valence-electron chi connectivity index (χ1n) is 9.72. The number of amides is 2. The summed E-state index contributed by atoms with van der Waals surface area (Å²) in [4.78, 5) is 39.9. The second-order valence-electron chi connectivity index (χ2n) is 7.69. The fourth-order valence-corrected chi connectivity index (χ4v) is 3.84. The van der Waals surface area contributed by atoms with Crippen LogP contribution in [0.3, 0.4) is 0 Å². The quantitative estimate of drug-likeness (QED) is 0.751. The predicted molar refractivity (Wildman–Crippen MR) is 107 cm³/mol. The van der Waals surface area contributed by atoms with E-state index in [0.717, 1.165) is 12.1 Å². The smallest absolute Gasteiger partial charge is 0.475 e. The Hall–Kier alpha value is -3.34. The topological polar surface area (TPSA) is 94.3 Å². The monoisotopic (exact) mass is 453 g/mol. The molecule has 1 unspecified atom stereocenters. The molecule has 11 heteroatoms. The first-order valence-corrected chi connectivity index (χ1v) is 9.72. The number of halogens is 3. The number of likely N-dealkylation sites (tertiary alicyclic amines) is 1. The van der Waals surface area contributed by atoms with Crippen molar-refractivity contribution < 1.29 is 37.1 Å². The molecule has 0 aliphatic carbocycles. The zero-order valence-electron chi connectivity index (χ0n) is 17.2. The minimum absolute atomic E-state index is 0.0119. The molecule has 2 amide bonds. The summed E-state index contributed by atoms with van der Waals surface area (Å²) in [6.45, 7) is 2.26. The average Bonchev–Trinajstić information content (AvgIpc) is 3.42. The Labute approximate surface area is 181 Å². The van der Waals surface area contributed by atoms with Crippen LogP contribution in [0.4, 0.5) is 18.9 Å². The lowest BCUT2D eigenvalue weighted by Gasteiger charge is -2.46. The molecule has 0 radical (unpaired) electrons. The molecular weight excluding hydrogens is 431 g/mol. The van der Waals surface area contributed by atoms with Gasteiger partial charge in [0.05, 0.1) is 23.9 Å². The van der Waals surface area contributed by atoms with Crippen LogP contribution in [0.1, 0.15) is 16.8 Å². The summed E-state index contributed by atoms with van der Waals surface area (Å²) < 4.78 is 36.8. The summed E-state index contributed by atoms with van der Waals surface area (Å²) in [6.07, 6.45) is -1.23. The zero-order chi connectivity index (χ0) is 23.5. The van der Waals surface area contributed by atoms with Crippen LogP contribution in [-0.4, -0.2) is 77.6 Å². The van der Waals surface area contributed by atoms with Crippen molar-refractivity contribution in [1.29, 1.82) is 0 Å². The number of carboxylic acid groups (broad SMARTS) is 1. The number of furan rings is 1. The number of anilines is 1. The van der Waals surface area contributed by atoms with Gasteiger partial charge in [0.25, 0.3) is 5.91 Å². The zero-order valence-corrected chi connectivity index (χ0v) is 17.2. The fraction of sp³-hybridized carbons (Fsp3) is 0.381. The van der Waals surface area contributed by atoms with Gasteiger partial charge in [-0.15, -0.1) is 0 Å². The molecule has 2 aromatic rings. The maximum absolute atomic E-state index is 12.6. The van der Waals surface area contributed by atoms with E-state index in [1.54, 1.807) is 6.07 Å². The van der Waals surface area contributed by atoms with E-state index in [1.807, 2.05) is 47.2 Å². The Kier molecular flexibility index (Phi) is 6.58. The number of carbonyl (C=O) groups is 3. The van der Waals surface area contributed by atoms with Gasteiger partial charge < -0.3 is 19.3 Å². The molecule has 2 saturated heterocycles. The Morgan fingerprint density at radius 1 is 1.12 bits per heavy atom. The number of carbonyl (C=O) groups excluding carboxylic acids is 2. The van der Waals surface area contributed by atoms with Gasteiger partial charge in [0.1, 0.15) is 6.26 Å². The van der Waals surface area contributed by atoms with E-state index in [9.17, 15) is 22.8 Å². The number of piperazine rings is 1. The molecule has 1 atom stereocenters. The van der Waals surface area contributed by atoms with Gasteiger partial charge in [-0.3, -0.25) is 14.5 Å². The number of alkyl halides is 3. The van der Waals surface area contributed by atoms with Gasteiger partial charge in [0.2, 0.25) is 5.91 Å². The highest BCUT2D eigenvalue weighted by molar-refractivity contribution is 5.96. The highest BCUT2D eigenvalue weighted by Gasteiger charge is 2.48. The van der Waals surface area contributed by atoms with E-state index < -0.39 is 12.1 Å². The molecule has 1 aromatic carbocycles. The van der Waals surface area contributed by atoms with Crippen molar-refractivity contribution in [1.82, 2.24) is 9.80 Å². The van der Waals surface area contributed by atoms with Crippen LogP contribution in [0.2, 0.25) is 0 Å². The van der Waals surface area contributed by atoms with Gasteiger partial charge >= 0.3 is 12.1 Å². The summed E-state index contributed by atoms with van der Waals surface area (Å²) in [5.74, 6) is -2.67. The van der Waals surface area contributed by atoms with Crippen molar-refractivity contribution in [2.45, 2.75) is 18.1 Å². The molecule has 8 nitrogen and oxygen atoms in total. The second-order valence-corrected chi connectivity index (χ2v) is 7.69. The number of carboxylic acids is 1. The number of para-hydroxylation sites is 1. The molecular formula is C21H22F3N3O5. The van der Waals surface area contributed by atoms with Crippen LogP contribution in [0.15, 0.2) is 53.3 Å². The van der Waals surface area contributed by atoms with E-state index in [-0.39, 0.29) is 17.4 Å². The Balaban J connectivity index is 0.000000360. The molecule has 172 valence electrons. The lowest BCUT2D eigenvalue weighted by Crippen LogP contribution is -2.64. The summed E-state index contributed by atoms with van der Waals surface area (Å²) in [7, 11) is 1.98. The SMILES string of the molecule is CN1CC(=O)N(c2ccccc2)CC12CCN(C(=O)c1ccoc1)C2.O=C(O)C(F)(F)F. The van der Waals surface area contributed by atoms with Crippen molar-refractivity contribution in [3.63, 3.8) is 0 Å². The molecule has 2 aliphatic heterocycles. The highest BCUT2D eigenvalue weighted by Crippen LogP contribution is 2.34. The number of nitrogens with zero attached hydrogens (tertiary/aromatic N) is 3. The Morgan fingerprint density at radius 2 is 1.78 bits per heavy atom. The number of benzene rings is 1. The van der Waals surface area contributed by atoms with Gasteiger partial charge in [0.15, 0.2) is 0 Å². The summed E-state index contributed by atoms with van der Waals surface area (Å²) in [6, 6.07) is 11.4. The van der Waals surface area contributed by atoms with Crippen molar-refractivity contribution in [3.8, 4) is 0 Å². The number of likely N-dealkylation sites (N-methyl/N-ethyl adjacent to an activating group) is 1. The van der Waals surface area contributed by atoms with Gasteiger partial charge in [-0.2, -0.15) is 13.2 Å².